The third-order valence-corrected chi connectivity index (χ3v) is 4.72. The number of hydrazone groups is 1. The molecule has 0 saturated carbocycles. The smallest absolute Gasteiger partial charge is 0.0646 e. The van der Waals surface area contributed by atoms with E-state index in [0.717, 1.165) is 38.4 Å². The second-order valence-corrected chi connectivity index (χ2v) is 6.71. The van der Waals surface area contributed by atoms with Gasteiger partial charge in [-0.1, -0.05) is 54.1 Å². The fourth-order valence-electron chi connectivity index (χ4n) is 3.21. The molecule has 0 N–H and O–H groups in total. The molecule has 1 heterocycles. The highest BCUT2D eigenvalue weighted by Crippen LogP contribution is 2.15. The van der Waals surface area contributed by atoms with E-state index in [1.54, 1.807) is 0 Å². The third kappa shape index (κ3) is 4.24. The summed E-state index contributed by atoms with van der Waals surface area (Å²) in [6.07, 6.45) is 0. The molecule has 0 aromatic heterocycles. The first-order valence-electron chi connectivity index (χ1n) is 8.76. The molecule has 3 rings (SSSR count). The summed E-state index contributed by atoms with van der Waals surface area (Å²) < 4.78 is 0. The molecule has 3 heteroatoms. The molecule has 2 aromatic carbocycles. The average molecular weight is 321 g/mol. The van der Waals surface area contributed by atoms with E-state index in [4.69, 9.17) is 5.10 Å². The van der Waals surface area contributed by atoms with E-state index in [-0.39, 0.29) is 0 Å². The second-order valence-electron chi connectivity index (χ2n) is 6.71. The van der Waals surface area contributed by atoms with Crippen LogP contribution < -0.4 is 0 Å². The van der Waals surface area contributed by atoms with Gasteiger partial charge >= 0.3 is 0 Å². The summed E-state index contributed by atoms with van der Waals surface area (Å²) in [6, 6.07) is 17.2. The Bertz CT molecular complexity index is 698. The van der Waals surface area contributed by atoms with E-state index in [1.807, 2.05) is 6.07 Å². The normalized spacial score (nSPS) is 16.5. The highest BCUT2D eigenvalue weighted by atomic mass is 15.5. The predicted octanol–water partition coefficient (Wildman–Crippen LogP) is 3.85. The summed E-state index contributed by atoms with van der Waals surface area (Å²) in [4.78, 5) is 2.53. The molecule has 1 aliphatic heterocycles. The maximum atomic E-state index is 4.80. The van der Waals surface area contributed by atoms with E-state index < -0.39 is 0 Å². The fraction of sp³-hybridized carbons (Fsp3) is 0.381. The van der Waals surface area contributed by atoms with Crippen molar-refractivity contribution in [2.45, 2.75) is 27.3 Å². The van der Waals surface area contributed by atoms with Gasteiger partial charge in [0.15, 0.2) is 0 Å². The van der Waals surface area contributed by atoms with Crippen LogP contribution in [0.25, 0.3) is 0 Å². The summed E-state index contributed by atoms with van der Waals surface area (Å²) in [5.74, 6) is 0. The van der Waals surface area contributed by atoms with Crippen LogP contribution in [0.2, 0.25) is 0 Å². The van der Waals surface area contributed by atoms with E-state index in [9.17, 15) is 0 Å². The van der Waals surface area contributed by atoms with Gasteiger partial charge in [0.2, 0.25) is 0 Å². The minimum absolute atomic E-state index is 0.995. The lowest BCUT2D eigenvalue weighted by molar-refractivity contribution is 0.130. The summed E-state index contributed by atoms with van der Waals surface area (Å²) in [6.45, 7) is 11.6. The number of nitrogens with zero attached hydrogens (tertiary/aromatic N) is 3. The van der Waals surface area contributed by atoms with Gasteiger partial charge in [0, 0.05) is 32.7 Å². The minimum atomic E-state index is 0.995. The molecule has 1 fully saturated rings. The average Bonchev–Trinajstić information content (AvgIpc) is 2.60. The van der Waals surface area contributed by atoms with Gasteiger partial charge in [-0.2, -0.15) is 5.10 Å². The number of hydrogen-bond acceptors (Lipinski definition) is 3. The first-order chi connectivity index (χ1) is 11.6. The van der Waals surface area contributed by atoms with Gasteiger partial charge in [-0.15, -0.1) is 0 Å². The molecule has 0 amide bonds. The van der Waals surface area contributed by atoms with Crippen LogP contribution in [0.5, 0.6) is 0 Å². The van der Waals surface area contributed by atoms with Gasteiger partial charge in [0.25, 0.3) is 0 Å². The minimum Gasteiger partial charge on any atom is -0.295 e. The number of benzene rings is 2. The van der Waals surface area contributed by atoms with E-state index in [0.29, 0.717) is 0 Å². The molecule has 126 valence electrons. The summed E-state index contributed by atoms with van der Waals surface area (Å²) in [5.41, 5.74) is 6.48. The Kier molecular flexibility index (Phi) is 5.31. The second kappa shape index (κ2) is 7.63. The zero-order valence-corrected chi connectivity index (χ0v) is 15.0. The van der Waals surface area contributed by atoms with Crippen LogP contribution in [-0.2, 0) is 6.54 Å². The Morgan fingerprint density at radius 1 is 0.958 bits per heavy atom. The van der Waals surface area contributed by atoms with Crippen LogP contribution in [0.1, 0.15) is 29.2 Å². The maximum absolute atomic E-state index is 4.80. The first kappa shape index (κ1) is 16.7. The predicted molar refractivity (Wildman–Crippen MR) is 101 cm³/mol. The number of rotatable bonds is 4. The highest BCUT2D eigenvalue weighted by Gasteiger charge is 2.16. The molecule has 0 bridgehead atoms. The standard InChI is InChI=1S/C21H27N3/c1-17-9-10-21(18(2)15-17)16-23-11-13-24(14-12-23)22-19(3)20-7-5-4-6-8-20/h4-10,15H,11-14,16H2,1-3H3. The SMILES string of the molecule is CC(=NN1CCN(Cc2ccc(C)cc2C)CC1)c1ccccc1. The van der Waals surface area contributed by atoms with Crippen LogP contribution in [0.15, 0.2) is 53.6 Å². The summed E-state index contributed by atoms with van der Waals surface area (Å²) in [5, 5.41) is 7.01. The number of hydrogen-bond donors (Lipinski definition) is 0. The monoisotopic (exact) mass is 321 g/mol. The zero-order valence-electron chi connectivity index (χ0n) is 15.0. The molecule has 2 aromatic rings. The molecule has 1 aliphatic rings. The van der Waals surface area contributed by atoms with Crippen LogP contribution in [0, 0.1) is 13.8 Å². The van der Waals surface area contributed by atoms with Crippen LogP contribution in [-0.4, -0.2) is 41.8 Å². The van der Waals surface area contributed by atoms with Crippen molar-refractivity contribution >= 4 is 5.71 Å². The van der Waals surface area contributed by atoms with Gasteiger partial charge < -0.3 is 0 Å². The Morgan fingerprint density at radius 3 is 2.33 bits per heavy atom. The topological polar surface area (TPSA) is 18.8 Å². The lowest BCUT2D eigenvalue weighted by Crippen LogP contribution is -2.43. The van der Waals surface area contributed by atoms with E-state index in [2.05, 4.69) is 73.1 Å². The van der Waals surface area contributed by atoms with Crippen LogP contribution >= 0.6 is 0 Å². The van der Waals surface area contributed by atoms with Crippen molar-refractivity contribution in [3.63, 3.8) is 0 Å². The molecule has 3 nitrogen and oxygen atoms in total. The lowest BCUT2D eigenvalue weighted by Gasteiger charge is -2.33. The van der Waals surface area contributed by atoms with Crippen molar-refractivity contribution in [2.24, 2.45) is 5.10 Å². The summed E-state index contributed by atoms with van der Waals surface area (Å²) >= 11 is 0. The lowest BCUT2D eigenvalue weighted by atomic mass is 10.1. The fourth-order valence-corrected chi connectivity index (χ4v) is 3.21. The van der Waals surface area contributed by atoms with Gasteiger partial charge in [0.1, 0.15) is 0 Å². The van der Waals surface area contributed by atoms with Crippen molar-refractivity contribution in [1.29, 1.82) is 0 Å². The van der Waals surface area contributed by atoms with Gasteiger partial charge in [-0.05, 0) is 37.5 Å². The van der Waals surface area contributed by atoms with Crippen molar-refractivity contribution in [3.8, 4) is 0 Å². The molecule has 0 atom stereocenters. The Hall–Kier alpha value is -2.13. The van der Waals surface area contributed by atoms with Crippen molar-refractivity contribution in [2.75, 3.05) is 26.2 Å². The van der Waals surface area contributed by atoms with Crippen molar-refractivity contribution in [1.82, 2.24) is 9.91 Å². The molecule has 0 spiro atoms. The Balaban J connectivity index is 1.56. The van der Waals surface area contributed by atoms with Gasteiger partial charge in [0.05, 0.1) is 5.71 Å². The molecule has 0 aliphatic carbocycles. The molecular formula is C21H27N3. The first-order valence-corrected chi connectivity index (χ1v) is 8.76. The zero-order chi connectivity index (χ0) is 16.9. The Labute approximate surface area is 145 Å². The van der Waals surface area contributed by atoms with Crippen molar-refractivity contribution < 1.29 is 0 Å². The van der Waals surface area contributed by atoms with Gasteiger partial charge in [-0.25, -0.2) is 0 Å². The number of aryl methyl sites for hydroxylation is 2. The maximum Gasteiger partial charge on any atom is 0.0646 e. The molecule has 0 unspecified atom stereocenters. The third-order valence-electron chi connectivity index (χ3n) is 4.72. The van der Waals surface area contributed by atoms with E-state index in [1.165, 1.54) is 22.3 Å². The van der Waals surface area contributed by atoms with Gasteiger partial charge in [-0.3, -0.25) is 9.91 Å². The van der Waals surface area contributed by atoms with Crippen LogP contribution in [0.3, 0.4) is 0 Å². The van der Waals surface area contributed by atoms with Crippen LogP contribution in [0.4, 0.5) is 0 Å². The molecule has 24 heavy (non-hydrogen) atoms. The Morgan fingerprint density at radius 2 is 1.67 bits per heavy atom. The quantitative estimate of drug-likeness (QED) is 0.797. The summed E-state index contributed by atoms with van der Waals surface area (Å²) in [7, 11) is 0. The molecular weight excluding hydrogens is 294 g/mol. The van der Waals surface area contributed by atoms with Crippen molar-refractivity contribution in [3.05, 3.63) is 70.8 Å². The molecule has 1 saturated heterocycles. The molecule has 0 radical (unpaired) electrons. The number of piperazine rings is 1. The largest absolute Gasteiger partial charge is 0.295 e. The van der Waals surface area contributed by atoms with E-state index >= 15 is 0 Å². The highest BCUT2D eigenvalue weighted by molar-refractivity contribution is 5.98.